The maximum atomic E-state index is 12.1. The molecule has 0 aromatic rings. The summed E-state index contributed by atoms with van der Waals surface area (Å²) in [5.74, 6) is 0.419. The highest BCUT2D eigenvalue weighted by atomic mass is 16.2. The van der Waals surface area contributed by atoms with Crippen LogP contribution >= 0.6 is 0 Å². The molecule has 21 heavy (non-hydrogen) atoms. The number of nitrogens with one attached hydrogen (secondary N) is 1. The summed E-state index contributed by atoms with van der Waals surface area (Å²) in [5, 5.41) is 2.92. The van der Waals surface area contributed by atoms with Gasteiger partial charge in [0, 0.05) is 51.5 Å². The molecule has 2 aliphatic heterocycles. The zero-order valence-electron chi connectivity index (χ0n) is 12.8. The quantitative estimate of drug-likeness (QED) is 0.797. The van der Waals surface area contributed by atoms with Crippen molar-refractivity contribution in [2.24, 2.45) is 5.92 Å². The van der Waals surface area contributed by atoms with Crippen LogP contribution in [0.15, 0.2) is 0 Å². The largest absolute Gasteiger partial charge is 0.354 e. The molecule has 0 atom stereocenters. The fourth-order valence-electron chi connectivity index (χ4n) is 3.01. The summed E-state index contributed by atoms with van der Waals surface area (Å²) in [5.41, 5.74) is 0. The van der Waals surface area contributed by atoms with Crippen molar-refractivity contribution in [2.75, 3.05) is 32.7 Å². The van der Waals surface area contributed by atoms with Gasteiger partial charge in [-0.15, -0.1) is 0 Å². The van der Waals surface area contributed by atoms with Crippen LogP contribution in [0, 0.1) is 5.92 Å². The summed E-state index contributed by atoms with van der Waals surface area (Å²) in [6, 6.07) is 0. The second kappa shape index (κ2) is 7.43. The molecule has 3 amide bonds. The molecule has 2 saturated heterocycles. The van der Waals surface area contributed by atoms with Gasteiger partial charge in [-0.25, -0.2) is 0 Å². The van der Waals surface area contributed by atoms with Gasteiger partial charge in [-0.2, -0.15) is 0 Å². The molecule has 1 N–H and O–H groups in total. The Bertz CT molecular complexity index is 403. The minimum Gasteiger partial charge on any atom is -0.354 e. The number of hydrogen-bond acceptors (Lipinski definition) is 3. The van der Waals surface area contributed by atoms with E-state index >= 15 is 0 Å². The molecule has 0 bridgehead atoms. The molecule has 0 radical (unpaired) electrons. The third-order valence-electron chi connectivity index (χ3n) is 4.37. The van der Waals surface area contributed by atoms with Crippen molar-refractivity contribution < 1.29 is 14.4 Å². The van der Waals surface area contributed by atoms with Crippen molar-refractivity contribution in [1.29, 1.82) is 0 Å². The van der Waals surface area contributed by atoms with Crippen LogP contribution in [0.1, 0.15) is 39.0 Å². The summed E-state index contributed by atoms with van der Waals surface area (Å²) in [6.07, 6.45) is 3.57. The summed E-state index contributed by atoms with van der Waals surface area (Å²) < 4.78 is 0. The monoisotopic (exact) mass is 295 g/mol. The maximum absolute atomic E-state index is 12.1. The van der Waals surface area contributed by atoms with E-state index in [4.69, 9.17) is 0 Å². The first kappa shape index (κ1) is 15.8. The van der Waals surface area contributed by atoms with Gasteiger partial charge in [0.2, 0.25) is 17.7 Å². The average Bonchev–Trinajstić information content (AvgIpc) is 2.92. The average molecular weight is 295 g/mol. The van der Waals surface area contributed by atoms with Crippen molar-refractivity contribution in [2.45, 2.75) is 39.0 Å². The van der Waals surface area contributed by atoms with E-state index in [9.17, 15) is 14.4 Å². The Morgan fingerprint density at radius 1 is 1.24 bits per heavy atom. The van der Waals surface area contributed by atoms with E-state index in [1.807, 2.05) is 16.7 Å². The third kappa shape index (κ3) is 4.19. The molecule has 0 unspecified atom stereocenters. The molecule has 118 valence electrons. The zero-order valence-corrected chi connectivity index (χ0v) is 12.8. The van der Waals surface area contributed by atoms with Crippen LogP contribution in [-0.2, 0) is 14.4 Å². The van der Waals surface area contributed by atoms with Crippen molar-refractivity contribution in [3.63, 3.8) is 0 Å². The standard InChI is InChI=1S/C15H25N3O3/c1-2-13(19)18-9-5-12(6-10-18)15(21)16-7-11-17-8-3-4-14(17)20/h12H,2-11H2,1H3,(H,16,21). The highest BCUT2D eigenvalue weighted by Gasteiger charge is 2.26. The van der Waals surface area contributed by atoms with Crippen LogP contribution in [0.2, 0.25) is 0 Å². The molecule has 6 nitrogen and oxygen atoms in total. The first-order valence-corrected chi connectivity index (χ1v) is 7.95. The Labute approximate surface area is 125 Å². The van der Waals surface area contributed by atoms with Crippen LogP contribution in [0.25, 0.3) is 0 Å². The SMILES string of the molecule is CCC(=O)N1CCC(C(=O)NCCN2CCCC2=O)CC1. The molecular weight excluding hydrogens is 270 g/mol. The normalized spacial score (nSPS) is 20.0. The fraction of sp³-hybridized carbons (Fsp3) is 0.800. The van der Waals surface area contributed by atoms with E-state index in [1.54, 1.807) is 0 Å². The number of nitrogens with zero attached hydrogens (tertiary/aromatic N) is 2. The Balaban J connectivity index is 1.65. The molecule has 2 aliphatic rings. The predicted molar refractivity (Wildman–Crippen MR) is 78.4 cm³/mol. The van der Waals surface area contributed by atoms with Gasteiger partial charge in [-0.1, -0.05) is 6.92 Å². The minimum absolute atomic E-state index is 0.000172. The summed E-state index contributed by atoms with van der Waals surface area (Å²) in [7, 11) is 0. The molecule has 0 saturated carbocycles. The molecule has 0 spiro atoms. The Kier molecular flexibility index (Phi) is 5.59. The molecule has 6 heteroatoms. The van der Waals surface area contributed by atoms with Gasteiger partial charge in [0.1, 0.15) is 0 Å². The van der Waals surface area contributed by atoms with Gasteiger partial charge in [-0.05, 0) is 19.3 Å². The minimum atomic E-state index is 0.000172. The van der Waals surface area contributed by atoms with Gasteiger partial charge < -0.3 is 15.1 Å². The number of carbonyl (C=O) groups is 3. The Hall–Kier alpha value is -1.59. The zero-order chi connectivity index (χ0) is 15.2. The molecule has 2 rings (SSSR count). The lowest BCUT2D eigenvalue weighted by Crippen LogP contribution is -2.44. The molecular formula is C15H25N3O3. The van der Waals surface area contributed by atoms with Gasteiger partial charge >= 0.3 is 0 Å². The third-order valence-corrected chi connectivity index (χ3v) is 4.37. The van der Waals surface area contributed by atoms with E-state index < -0.39 is 0 Å². The van der Waals surface area contributed by atoms with E-state index in [-0.39, 0.29) is 23.6 Å². The molecule has 2 heterocycles. The van der Waals surface area contributed by atoms with Gasteiger partial charge in [0.25, 0.3) is 0 Å². The predicted octanol–water partition coefficient (Wildman–Crippen LogP) is 0.374. The second-order valence-electron chi connectivity index (χ2n) is 5.78. The van der Waals surface area contributed by atoms with Gasteiger partial charge in [-0.3, -0.25) is 14.4 Å². The first-order chi connectivity index (χ1) is 10.1. The molecule has 0 aromatic heterocycles. The summed E-state index contributed by atoms with van der Waals surface area (Å²) >= 11 is 0. The molecule has 2 fully saturated rings. The van der Waals surface area contributed by atoms with E-state index in [0.29, 0.717) is 39.0 Å². The van der Waals surface area contributed by atoms with Crippen LogP contribution in [0.3, 0.4) is 0 Å². The fourth-order valence-corrected chi connectivity index (χ4v) is 3.01. The number of amides is 3. The van der Waals surface area contributed by atoms with Crippen LogP contribution < -0.4 is 5.32 Å². The Morgan fingerprint density at radius 3 is 2.52 bits per heavy atom. The first-order valence-electron chi connectivity index (χ1n) is 7.95. The highest BCUT2D eigenvalue weighted by Crippen LogP contribution is 2.18. The lowest BCUT2D eigenvalue weighted by Gasteiger charge is -2.31. The number of likely N-dealkylation sites (tertiary alicyclic amines) is 2. The van der Waals surface area contributed by atoms with Crippen LogP contribution in [0.4, 0.5) is 0 Å². The smallest absolute Gasteiger partial charge is 0.223 e. The Morgan fingerprint density at radius 2 is 1.95 bits per heavy atom. The second-order valence-corrected chi connectivity index (χ2v) is 5.78. The maximum Gasteiger partial charge on any atom is 0.223 e. The lowest BCUT2D eigenvalue weighted by atomic mass is 9.95. The number of piperidine rings is 1. The van der Waals surface area contributed by atoms with Crippen molar-refractivity contribution in [3.8, 4) is 0 Å². The van der Waals surface area contributed by atoms with E-state index in [2.05, 4.69) is 5.32 Å². The van der Waals surface area contributed by atoms with Crippen molar-refractivity contribution >= 4 is 17.7 Å². The van der Waals surface area contributed by atoms with Gasteiger partial charge in [0.15, 0.2) is 0 Å². The van der Waals surface area contributed by atoms with Gasteiger partial charge in [0.05, 0.1) is 0 Å². The number of hydrogen-bond donors (Lipinski definition) is 1. The van der Waals surface area contributed by atoms with E-state index in [1.165, 1.54) is 0 Å². The van der Waals surface area contributed by atoms with E-state index in [0.717, 1.165) is 25.8 Å². The topological polar surface area (TPSA) is 69.7 Å². The highest BCUT2D eigenvalue weighted by molar-refractivity contribution is 5.80. The summed E-state index contributed by atoms with van der Waals surface area (Å²) in [6.45, 7) is 5.16. The molecule has 0 aromatic carbocycles. The van der Waals surface area contributed by atoms with Crippen molar-refractivity contribution in [3.05, 3.63) is 0 Å². The summed E-state index contributed by atoms with van der Waals surface area (Å²) in [4.78, 5) is 38.8. The van der Waals surface area contributed by atoms with Crippen molar-refractivity contribution in [1.82, 2.24) is 15.1 Å². The molecule has 0 aliphatic carbocycles. The van der Waals surface area contributed by atoms with Crippen LogP contribution in [0.5, 0.6) is 0 Å². The van der Waals surface area contributed by atoms with Crippen LogP contribution in [-0.4, -0.2) is 60.2 Å². The lowest BCUT2D eigenvalue weighted by molar-refractivity contribution is -0.135. The number of carbonyl (C=O) groups excluding carboxylic acids is 3. The number of rotatable bonds is 5.